The monoisotopic (exact) mass is 406 g/mol. The SMILES string of the molecule is O=C(O)c1ccc(CN(C(=O)N2CCS(=O)(=O)CC2)c2ccccc2)c(F)c1. The Hall–Kier alpha value is -2.94. The Morgan fingerprint density at radius 1 is 1.07 bits per heavy atom. The van der Waals surface area contributed by atoms with E-state index >= 15 is 0 Å². The van der Waals surface area contributed by atoms with Crippen molar-refractivity contribution < 1.29 is 27.5 Å². The molecule has 0 unspecified atom stereocenters. The van der Waals surface area contributed by atoms with Crippen LogP contribution in [0.4, 0.5) is 14.9 Å². The summed E-state index contributed by atoms with van der Waals surface area (Å²) in [5, 5.41) is 8.97. The molecule has 9 heteroatoms. The quantitative estimate of drug-likeness (QED) is 0.841. The predicted molar refractivity (Wildman–Crippen MR) is 102 cm³/mol. The molecular formula is C19H19FN2O5S. The van der Waals surface area contributed by atoms with Gasteiger partial charge in [0, 0.05) is 24.3 Å². The van der Waals surface area contributed by atoms with Crippen molar-refractivity contribution in [2.75, 3.05) is 29.5 Å². The van der Waals surface area contributed by atoms with Crippen LogP contribution in [0.3, 0.4) is 0 Å². The van der Waals surface area contributed by atoms with Crippen molar-refractivity contribution in [3.8, 4) is 0 Å². The smallest absolute Gasteiger partial charge is 0.335 e. The Balaban J connectivity index is 1.88. The van der Waals surface area contributed by atoms with E-state index in [9.17, 15) is 22.4 Å². The van der Waals surface area contributed by atoms with Crippen LogP contribution in [-0.2, 0) is 16.4 Å². The van der Waals surface area contributed by atoms with Crippen molar-refractivity contribution in [3.05, 3.63) is 65.5 Å². The van der Waals surface area contributed by atoms with Crippen LogP contribution in [0.15, 0.2) is 48.5 Å². The minimum absolute atomic E-state index is 0.0743. The number of hydrogen-bond acceptors (Lipinski definition) is 4. The van der Waals surface area contributed by atoms with Gasteiger partial charge in [0.1, 0.15) is 5.82 Å². The zero-order valence-electron chi connectivity index (χ0n) is 14.9. The number of carboxylic acid groups (broad SMARTS) is 1. The van der Waals surface area contributed by atoms with E-state index in [1.807, 2.05) is 0 Å². The Morgan fingerprint density at radius 3 is 2.29 bits per heavy atom. The van der Waals surface area contributed by atoms with E-state index in [0.29, 0.717) is 5.69 Å². The highest BCUT2D eigenvalue weighted by molar-refractivity contribution is 7.91. The van der Waals surface area contributed by atoms with E-state index in [1.54, 1.807) is 30.3 Å². The summed E-state index contributed by atoms with van der Waals surface area (Å²) in [4.78, 5) is 26.8. The van der Waals surface area contributed by atoms with Gasteiger partial charge in [0.15, 0.2) is 9.84 Å². The predicted octanol–water partition coefficient (Wildman–Crippen LogP) is 2.38. The average molecular weight is 406 g/mol. The molecule has 28 heavy (non-hydrogen) atoms. The van der Waals surface area contributed by atoms with Crippen molar-refractivity contribution in [2.24, 2.45) is 0 Å². The summed E-state index contributed by atoms with van der Waals surface area (Å²) >= 11 is 0. The van der Waals surface area contributed by atoms with Gasteiger partial charge in [-0.3, -0.25) is 4.90 Å². The fraction of sp³-hybridized carbons (Fsp3) is 0.263. The van der Waals surface area contributed by atoms with Crippen LogP contribution in [0.5, 0.6) is 0 Å². The highest BCUT2D eigenvalue weighted by Gasteiger charge is 2.29. The van der Waals surface area contributed by atoms with E-state index < -0.39 is 27.7 Å². The van der Waals surface area contributed by atoms with Crippen molar-refractivity contribution in [1.82, 2.24) is 4.90 Å². The summed E-state index contributed by atoms with van der Waals surface area (Å²) in [7, 11) is -3.15. The zero-order valence-corrected chi connectivity index (χ0v) is 15.7. The number of carbonyl (C=O) groups excluding carboxylic acids is 1. The lowest BCUT2D eigenvalue weighted by Gasteiger charge is -2.33. The van der Waals surface area contributed by atoms with Crippen molar-refractivity contribution in [2.45, 2.75) is 6.54 Å². The van der Waals surface area contributed by atoms with Crippen LogP contribution < -0.4 is 4.90 Å². The third kappa shape index (κ3) is 4.48. The second-order valence-electron chi connectivity index (χ2n) is 6.45. The molecule has 0 radical (unpaired) electrons. The van der Waals surface area contributed by atoms with Gasteiger partial charge in [-0.05, 0) is 24.3 Å². The zero-order chi connectivity index (χ0) is 20.3. The van der Waals surface area contributed by atoms with Gasteiger partial charge in [-0.15, -0.1) is 0 Å². The van der Waals surface area contributed by atoms with Crippen molar-refractivity contribution in [3.63, 3.8) is 0 Å². The number of sulfone groups is 1. The van der Waals surface area contributed by atoms with Crippen LogP contribution in [0.25, 0.3) is 0 Å². The molecule has 1 aliphatic rings. The van der Waals surface area contributed by atoms with Crippen molar-refractivity contribution in [1.29, 1.82) is 0 Å². The van der Waals surface area contributed by atoms with Crippen molar-refractivity contribution >= 4 is 27.5 Å². The molecule has 0 aromatic heterocycles. The first kappa shape index (κ1) is 19.8. The maximum absolute atomic E-state index is 14.4. The number of para-hydroxylation sites is 1. The third-order valence-corrected chi connectivity index (χ3v) is 6.15. The molecule has 1 aliphatic heterocycles. The number of rotatable bonds is 4. The lowest BCUT2D eigenvalue weighted by atomic mass is 10.1. The number of aromatic carboxylic acids is 1. The van der Waals surface area contributed by atoms with Crippen LogP contribution >= 0.6 is 0 Å². The first-order valence-corrected chi connectivity index (χ1v) is 10.4. The van der Waals surface area contributed by atoms with E-state index in [0.717, 1.165) is 6.07 Å². The summed E-state index contributed by atoms with van der Waals surface area (Å²) in [6.45, 7) is 0.0354. The molecular weight excluding hydrogens is 387 g/mol. The van der Waals surface area contributed by atoms with Crippen LogP contribution in [-0.4, -0.2) is 55.0 Å². The molecule has 7 nitrogen and oxygen atoms in total. The summed E-state index contributed by atoms with van der Waals surface area (Å²) in [6, 6.07) is 11.7. The summed E-state index contributed by atoms with van der Waals surface area (Å²) in [5.74, 6) is -2.18. The lowest BCUT2D eigenvalue weighted by Crippen LogP contribution is -2.49. The minimum Gasteiger partial charge on any atom is -0.478 e. The van der Waals surface area contributed by atoms with Crippen LogP contribution in [0.1, 0.15) is 15.9 Å². The maximum atomic E-state index is 14.4. The molecule has 0 saturated carbocycles. The highest BCUT2D eigenvalue weighted by atomic mass is 32.2. The standard InChI is InChI=1S/C19H19FN2O5S/c20-17-12-14(18(23)24)6-7-15(17)13-22(16-4-2-1-3-5-16)19(25)21-8-10-28(26,27)11-9-21/h1-7,12H,8-11,13H2,(H,23,24). The summed E-state index contributed by atoms with van der Waals surface area (Å²) in [6.07, 6.45) is 0. The first-order chi connectivity index (χ1) is 13.3. The van der Waals surface area contributed by atoms with E-state index in [2.05, 4.69) is 0 Å². The van der Waals surface area contributed by atoms with Gasteiger partial charge in [0.2, 0.25) is 0 Å². The highest BCUT2D eigenvalue weighted by Crippen LogP contribution is 2.22. The Kier molecular flexibility index (Phi) is 5.64. The third-order valence-electron chi connectivity index (χ3n) is 4.54. The topological polar surface area (TPSA) is 95.0 Å². The molecule has 3 rings (SSSR count). The molecule has 2 aromatic carbocycles. The number of amides is 2. The summed E-state index contributed by atoms with van der Waals surface area (Å²) < 4.78 is 37.7. The van der Waals surface area contributed by atoms with Gasteiger partial charge in [-0.25, -0.2) is 22.4 Å². The van der Waals surface area contributed by atoms with E-state index in [4.69, 9.17) is 5.11 Å². The molecule has 0 bridgehead atoms. The number of halogens is 1. The minimum atomic E-state index is -3.15. The van der Waals surface area contributed by atoms with Crippen LogP contribution in [0, 0.1) is 5.82 Å². The first-order valence-electron chi connectivity index (χ1n) is 8.60. The number of nitrogens with zero attached hydrogens (tertiary/aromatic N) is 2. The molecule has 0 aliphatic carbocycles. The van der Waals surface area contributed by atoms with Gasteiger partial charge in [-0.1, -0.05) is 24.3 Å². The number of carboxylic acids is 1. The molecule has 2 aromatic rings. The molecule has 1 heterocycles. The fourth-order valence-corrected chi connectivity index (χ4v) is 4.13. The molecule has 0 atom stereocenters. The molecule has 2 amide bonds. The number of hydrogen-bond donors (Lipinski definition) is 1. The number of urea groups is 1. The normalized spacial score (nSPS) is 15.8. The van der Waals surface area contributed by atoms with Gasteiger partial charge >= 0.3 is 12.0 Å². The Morgan fingerprint density at radius 2 is 1.71 bits per heavy atom. The lowest BCUT2D eigenvalue weighted by molar-refractivity contribution is 0.0696. The summed E-state index contributed by atoms with van der Waals surface area (Å²) in [5.41, 5.74) is 0.509. The second-order valence-corrected chi connectivity index (χ2v) is 8.76. The van der Waals surface area contributed by atoms with Gasteiger partial charge < -0.3 is 10.0 Å². The maximum Gasteiger partial charge on any atom is 0.335 e. The average Bonchev–Trinajstić information content (AvgIpc) is 2.67. The van der Waals surface area contributed by atoms with E-state index in [1.165, 1.54) is 21.9 Å². The largest absolute Gasteiger partial charge is 0.478 e. The van der Waals surface area contributed by atoms with Gasteiger partial charge in [-0.2, -0.15) is 0 Å². The number of benzene rings is 2. The van der Waals surface area contributed by atoms with Crippen LogP contribution in [0.2, 0.25) is 0 Å². The van der Waals surface area contributed by atoms with E-state index in [-0.39, 0.29) is 42.3 Å². The molecule has 1 fully saturated rings. The number of carbonyl (C=O) groups is 2. The molecule has 1 N–H and O–H groups in total. The molecule has 1 saturated heterocycles. The Bertz CT molecular complexity index is 981. The Labute approximate surface area is 161 Å². The molecule has 148 valence electrons. The molecule has 0 spiro atoms. The van der Waals surface area contributed by atoms with Gasteiger partial charge in [0.25, 0.3) is 0 Å². The van der Waals surface area contributed by atoms with Gasteiger partial charge in [0.05, 0.1) is 23.6 Å². The second kappa shape index (κ2) is 7.97. The fourth-order valence-electron chi connectivity index (χ4n) is 2.93. The number of anilines is 1.